The van der Waals surface area contributed by atoms with Gasteiger partial charge in [0, 0.05) is 22.9 Å². The van der Waals surface area contributed by atoms with Crippen molar-refractivity contribution in [2.45, 2.75) is 45.7 Å². The Morgan fingerprint density at radius 2 is 1.83 bits per heavy atom. The molecule has 2 aromatic carbocycles. The minimum atomic E-state index is -0.583. The maximum Gasteiger partial charge on any atom is 0.338 e. The Bertz CT molecular complexity index is 1220. The van der Waals surface area contributed by atoms with Gasteiger partial charge in [0.25, 0.3) is 0 Å². The van der Waals surface area contributed by atoms with E-state index in [1.165, 1.54) is 11.8 Å². The monoisotopic (exact) mass is 505 g/mol. The fourth-order valence-electron chi connectivity index (χ4n) is 4.27. The molecule has 4 rings (SSSR count). The minimum absolute atomic E-state index is 0.0753. The van der Waals surface area contributed by atoms with Crippen LogP contribution in [0.1, 0.15) is 50.8 Å². The summed E-state index contributed by atoms with van der Waals surface area (Å²) >= 11 is 1.45. The lowest BCUT2D eigenvalue weighted by molar-refractivity contribution is -0.139. The van der Waals surface area contributed by atoms with E-state index in [9.17, 15) is 9.59 Å². The highest BCUT2D eigenvalue weighted by Crippen LogP contribution is 2.48. The van der Waals surface area contributed by atoms with Gasteiger partial charge in [-0.25, -0.2) is 9.79 Å². The van der Waals surface area contributed by atoms with Gasteiger partial charge in [0.05, 0.1) is 37.4 Å². The molecule has 2 heterocycles. The van der Waals surface area contributed by atoms with Crippen LogP contribution in [-0.4, -0.2) is 41.7 Å². The predicted molar refractivity (Wildman–Crippen MR) is 143 cm³/mol. The van der Waals surface area contributed by atoms with E-state index in [0.717, 1.165) is 23.2 Å². The van der Waals surface area contributed by atoms with Crippen LogP contribution in [-0.2, 0) is 14.3 Å². The van der Waals surface area contributed by atoms with E-state index in [1.807, 2.05) is 78.8 Å². The van der Waals surface area contributed by atoms with Crippen LogP contribution < -0.4 is 10.1 Å². The molecule has 2 atom stereocenters. The number of carbonyl (C=O) groups is 2. The van der Waals surface area contributed by atoms with Crippen molar-refractivity contribution in [2.24, 2.45) is 4.99 Å². The second-order valence-electron chi connectivity index (χ2n) is 8.54. The number of esters is 1. The van der Waals surface area contributed by atoms with Crippen molar-refractivity contribution in [3.63, 3.8) is 0 Å². The summed E-state index contributed by atoms with van der Waals surface area (Å²) in [5.41, 5.74) is 3.34. The molecule has 1 N–H and O–H groups in total. The van der Waals surface area contributed by atoms with E-state index < -0.39 is 12.0 Å². The lowest BCUT2D eigenvalue weighted by atomic mass is 9.91. The van der Waals surface area contributed by atoms with Crippen LogP contribution in [0, 0.1) is 0 Å². The summed E-state index contributed by atoms with van der Waals surface area (Å²) in [6, 6.07) is 16.7. The molecule has 8 heteroatoms. The molecule has 0 aliphatic carbocycles. The fraction of sp³-hybridized carbons (Fsp3) is 0.321. The van der Waals surface area contributed by atoms with Crippen molar-refractivity contribution >= 4 is 34.5 Å². The Labute approximate surface area is 216 Å². The largest absolute Gasteiger partial charge is 0.496 e. The molecule has 2 aromatic rings. The summed E-state index contributed by atoms with van der Waals surface area (Å²) in [5, 5.41) is 5.67. The third-order valence-electron chi connectivity index (χ3n) is 6.15. The number of fused-ring (bicyclic) bond motifs is 1. The summed E-state index contributed by atoms with van der Waals surface area (Å²) in [7, 11) is 1.61. The molecule has 0 fully saturated rings. The average molecular weight is 506 g/mol. The van der Waals surface area contributed by atoms with Crippen molar-refractivity contribution < 1.29 is 19.1 Å². The average Bonchev–Trinajstić information content (AvgIpc) is 3.30. The van der Waals surface area contributed by atoms with Crippen molar-refractivity contribution in [3.8, 4) is 5.75 Å². The lowest BCUT2D eigenvalue weighted by Crippen LogP contribution is -2.39. The molecule has 188 valence electrons. The van der Waals surface area contributed by atoms with Crippen LogP contribution in [0.25, 0.3) is 5.70 Å². The topological polar surface area (TPSA) is 80.2 Å². The third kappa shape index (κ3) is 5.18. The Balaban J connectivity index is 1.88. The van der Waals surface area contributed by atoms with Crippen molar-refractivity contribution in [2.75, 3.05) is 13.7 Å². The van der Waals surface area contributed by atoms with E-state index in [0.29, 0.717) is 22.2 Å². The summed E-state index contributed by atoms with van der Waals surface area (Å²) in [4.78, 5) is 33.3. The van der Waals surface area contributed by atoms with Crippen LogP contribution in [0.2, 0.25) is 0 Å². The molecule has 0 saturated heterocycles. The first-order valence-electron chi connectivity index (χ1n) is 12.1. The van der Waals surface area contributed by atoms with E-state index >= 15 is 0 Å². The number of methoxy groups -OCH3 is 1. The Morgan fingerprint density at radius 3 is 2.53 bits per heavy atom. The quantitative estimate of drug-likeness (QED) is 0.468. The highest BCUT2D eigenvalue weighted by Gasteiger charge is 2.43. The second-order valence-corrected chi connectivity index (χ2v) is 9.37. The van der Waals surface area contributed by atoms with Gasteiger partial charge in [-0.05, 0) is 31.7 Å². The number of amides is 1. The van der Waals surface area contributed by atoms with Gasteiger partial charge >= 0.3 is 5.97 Å². The molecule has 0 bridgehead atoms. The number of nitrogens with zero attached hydrogens (tertiary/aromatic N) is 2. The third-order valence-corrected chi connectivity index (χ3v) is 7.04. The molecule has 0 spiro atoms. The number of benzene rings is 2. The fourth-order valence-corrected chi connectivity index (χ4v) is 5.19. The lowest BCUT2D eigenvalue weighted by Gasteiger charge is -2.37. The van der Waals surface area contributed by atoms with E-state index in [4.69, 9.17) is 14.5 Å². The molecule has 36 heavy (non-hydrogen) atoms. The van der Waals surface area contributed by atoms with Crippen LogP contribution in [0.5, 0.6) is 5.75 Å². The number of ether oxygens (including phenoxy) is 2. The van der Waals surface area contributed by atoms with Crippen molar-refractivity contribution in [3.05, 3.63) is 82.4 Å². The summed E-state index contributed by atoms with van der Waals surface area (Å²) in [5.74, 6) is 0.111. The SMILES string of the molecule is CCOC(=O)C1=C(c2ccccc2)N=C2SC=C(CC(=O)N[C@H](C)CC)N2[C@@H]1c1ccccc1OC. The Morgan fingerprint density at radius 1 is 1.11 bits per heavy atom. The first-order chi connectivity index (χ1) is 17.5. The van der Waals surface area contributed by atoms with Gasteiger partial charge in [0.2, 0.25) is 5.91 Å². The number of nitrogens with one attached hydrogen (secondary N) is 1. The van der Waals surface area contributed by atoms with Crippen molar-refractivity contribution in [1.29, 1.82) is 0 Å². The second kappa shape index (κ2) is 11.5. The zero-order valence-corrected chi connectivity index (χ0v) is 21.8. The Kier molecular flexibility index (Phi) is 8.15. The van der Waals surface area contributed by atoms with Crippen LogP contribution in [0.15, 0.2) is 76.3 Å². The Hall–Kier alpha value is -3.52. The first kappa shape index (κ1) is 25.6. The minimum Gasteiger partial charge on any atom is -0.496 e. The maximum absolute atomic E-state index is 13.5. The van der Waals surface area contributed by atoms with Crippen molar-refractivity contribution in [1.82, 2.24) is 10.2 Å². The van der Waals surface area contributed by atoms with Gasteiger partial charge in [-0.1, -0.05) is 67.2 Å². The van der Waals surface area contributed by atoms with E-state index in [-0.39, 0.29) is 25.0 Å². The molecule has 7 nitrogen and oxygen atoms in total. The molecule has 0 unspecified atom stereocenters. The van der Waals surface area contributed by atoms with Crippen LogP contribution >= 0.6 is 11.8 Å². The van der Waals surface area contributed by atoms with Gasteiger partial charge in [0.15, 0.2) is 5.17 Å². The molecule has 0 saturated carbocycles. The number of para-hydroxylation sites is 1. The molecular formula is C28H31N3O4S. The maximum atomic E-state index is 13.5. The zero-order valence-electron chi connectivity index (χ0n) is 21.0. The normalized spacial score (nSPS) is 17.7. The summed E-state index contributed by atoms with van der Waals surface area (Å²) in [6.07, 6.45) is 1.01. The number of carbonyl (C=O) groups excluding carboxylic acids is 2. The first-order valence-corrected chi connectivity index (χ1v) is 13.0. The highest BCUT2D eigenvalue weighted by atomic mass is 32.2. The van der Waals surface area contributed by atoms with Crippen LogP contribution in [0.4, 0.5) is 0 Å². The molecule has 2 aliphatic rings. The van der Waals surface area contributed by atoms with Gasteiger partial charge in [-0.15, -0.1) is 0 Å². The predicted octanol–water partition coefficient (Wildman–Crippen LogP) is 5.28. The molecule has 0 radical (unpaired) electrons. The van der Waals surface area contributed by atoms with Crippen LogP contribution in [0.3, 0.4) is 0 Å². The molecule has 2 aliphatic heterocycles. The van der Waals surface area contributed by atoms with Gasteiger partial charge in [-0.3, -0.25) is 4.79 Å². The number of amidine groups is 1. The van der Waals surface area contributed by atoms with E-state index in [2.05, 4.69) is 5.32 Å². The number of aliphatic imine (C=N–C) groups is 1. The smallest absolute Gasteiger partial charge is 0.338 e. The van der Waals surface area contributed by atoms with E-state index in [1.54, 1.807) is 14.0 Å². The molecule has 0 aromatic heterocycles. The van der Waals surface area contributed by atoms with Gasteiger partial charge < -0.3 is 19.7 Å². The van der Waals surface area contributed by atoms with Gasteiger partial charge in [-0.2, -0.15) is 0 Å². The van der Waals surface area contributed by atoms with Gasteiger partial charge in [0.1, 0.15) is 5.75 Å². The number of rotatable bonds is 9. The summed E-state index contributed by atoms with van der Waals surface area (Å²) < 4.78 is 11.3. The summed E-state index contributed by atoms with van der Waals surface area (Å²) in [6.45, 7) is 6.03. The zero-order chi connectivity index (χ0) is 25.7. The molecular weight excluding hydrogens is 474 g/mol. The highest BCUT2D eigenvalue weighted by molar-refractivity contribution is 8.16. The molecule has 1 amide bonds. The number of hydrogen-bond acceptors (Lipinski definition) is 7. The number of hydrogen-bond donors (Lipinski definition) is 1. The standard InChI is InChI=1S/C28H31N3O4S/c1-5-18(3)29-23(32)16-20-17-36-28-30-25(19-12-8-7-9-13-19)24(27(33)35-6-2)26(31(20)28)21-14-10-11-15-22(21)34-4/h7-15,17-18,26H,5-6,16H2,1-4H3,(H,29,32)/t18-,26-/m1/s1. The number of thioether (sulfide) groups is 1.